The molecule has 8 bridgehead atoms. The number of H-pyrrole nitrogens is 2. The van der Waals surface area contributed by atoms with Crippen LogP contribution in [0.3, 0.4) is 0 Å². The molecule has 18 nitrogen and oxygen atoms in total. The number of nitrogens with one attached hydrogen (secondary N) is 2. The normalized spacial score (nSPS) is 11.2. The number of aromatic amines is 2. The Morgan fingerprint density at radius 3 is 0.814 bits per heavy atom. The standard InChI is InChI=1S/C68H66N8O4.C20H22N2O2.C4H10O.CH3O.CH4.Na/c1-9-13-33-77-57-45-29-21-17-25-41(45)37(5)49-53(57)65-70-61(49)69-62-50-38(6)42-26-18-22-30-46(42)58(78-34-14-10-2)54(50)66(71-62)73-64-52-40(8)44-28-20-24-32-48(44)60(80-36-16-12-4)56(52)68(75-64)76-67-55-51(63(72-65)74-67)39(7)43-27-19-23-31-47(43)59(55)79-35-15-11-3;1-3-5-11-23-19-15-9-7-8-10-16(15)20(24-12-6-4-2)18(14-22)17(19)13-21;1-2-3-4-5;1-2;;/h17-32H,9-16,33-36H2,1-8H3,(H2,69,70,71,72,73,74,75,76);7-10H,3-6,11-12H2,1-2H3;5H,2-4H2,1H3;1H3;1H4;/q;;;-1;;+1. The summed E-state index contributed by atoms with van der Waals surface area (Å²) in [7, 11) is 0.750. The molecule has 19 heteroatoms. The van der Waals surface area contributed by atoms with Crippen LogP contribution >= 0.6 is 0 Å². The van der Waals surface area contributed by atoms with E-state index in [0.29, 0.717) is 104 Å². The second kappa shape index (κ2) is 39.8. The van der Waals surface area contributed by atoms with Crippen LogP contribution in [-0.4, -0.2) is 98.3 Å². The van der Waals surface area contributed by atoms with Crippen molar-refractivity contribution in [3.05, 3.63) is 155 Å². The quantitative estimate of drug-likeness (QED) is 0.0336. The largest absolute Gasteiger partial charge is 1.00 e. The van der Waals surface area contributed by atoms with Crippen LogP contribution in [0.25, 0.3) is 144 Å². The van der Waals surface area contributed by atoms with E-state index in [1.165, 1.54) is 0 Å². The van der Waals surface area contributed by atoms with E-state index in [1.807, 2.05) is 24.3 Å². The third-order valence-electron chi connectivity index (χ3n) is 20.6. The smallest absolute Gasteiger partial charge is 0.857 e. The molecule has 113 heavy (non-hydrogen) atoms. The summed E-state index contributed by atoms with van der Waals surface area (Å²) in [6.07, 6.45) is 13.3. The summed E-state index contributed by atoms with van der Waals surface area (Å²) < 4.78 is 39.7. The number of hydrogen-bond acceptors (Lipinski definition) is 16. The van der Waals surface area contributed by atoms with Crippen molar-refractivity contribution in [3.63, 3.8) is 0 Å². The van der Waals surface area contributed by atoms with Gasteiger partial charge in [-0.2, -0.15) is 17.6 Å². The van der Waals surface area contributed by atoms with Crippen molar-refractivity contribution in [1.82, 2.24) is 39.9 Å². The Balaban J connectivity index is 0.000000345. The minimum atomic E-state index is 0. The molecule has 0 aliphatic carbocycles. The van der Waals surface area contributed by atoms with Crippen LogP contribution in [0.15, 0.2) is 121 Å². The van der Waals surface area contributed by atoms with Gasteiger partial charge in [-0.05, 0) is 116 Å². The van der Waals surface area contributed by atoms with Crippen LogP contribution in [0.2, 0.25) is 0 Å². The minimum absolute atomic E-state index is 0. The van der Waals surface area contributed by atoms with Gasteiger partial charge < -0.3 is 48.6 Å². The van der Waals surface area contributed by atoms with Gasteiger partial charge in [0, 0.05) is 60.8 Å². The van der Waals surface area contributed by atoms with Gasteiger partial charge in [0.2, 0.25) is 0 Å². The molecule has 3 N–H and O–H groups in total. The Kier molecular flexibility index (Phi) is 30.0. The Hall–Kier alpha value is -10.4. The first-order valence-corrected chi connectivity index (χ1v) is 39.6. The maximum atomic E-state index is 9.61. The van der Waals surface area contributed by atoms with Crippen LogP contribution in [-0.2, 0) is 0 Å². The molecular weight excluding hydrogens is 1420 g/mol. The molecule has 3 aromatic heterocycles. The molecule has 13 aromatic rings. The summed E-state index contributed by atoms with van der Waals surface area (Å²) >= 11 is 0. The number of hydrogen-bond donors (Lipinski definition) is 3. The molecule has 0 saturated carbocycles. The summed E-state index contributed by atoms with van der Waals surface area (Å²) in [6.45, 7) is 27.1. The molecule has 0 spiro atoms. The SMILES string of the molecule is C.CCCCO.CCCCOc1c(C#N)c(C#N)c(OCCCC)c2ccccc12.CCCCOc1c2c(c(C)c3ccccc13)-c1nc-2nc2[nH]c(nc3nc(nc4[nH]c(n1)c1c(C)c5ccccc5c(OCCCC)c41)-c1c-3c(OCCCC)c3ccccc3c1C)c1c(OCCCC)c3ccccc3c(C)c21.C[O-].[Na+]. The van der Waals surface area contributed by atoms with Crippen molar-refractivity contribution >= 4 is 98.0 Å². The molecule has 10 aromatic carbocycles. The maximum absolute atomic E-state index is 9.61. The van der Waals surface area contributed by atoms with E-state index in [-0.39, 0.29) is 48.1 Å². The first kappa shape index (κ1) is 85.0. The van der Waals surface area contributed by atoms with Crippen molar-refractivity contribution in [1.29, 1.82) is 10.5 Å². The van der Waals surface area contributed by atoms with Crippen LogP contribution in [0, 0.1) is 50.4 Å². The third-order valence-corrected chi connectivity index (χ3v) is 20.6. The number of ether oxygens (including phenoxy) is 6. The fraction of sp³-hybridized carbons (Fsp3) is 0.362. The molecule has 2 aliphatic rings. The van der Waals surface area contributed by atoms with Gasteiger partial charge in [-0.1, -0.05) is 222 Å². The number of benzene rings is 10. The molecule has 0 atom stereocenters. The first-order valence-electron chi connectivity index (χ1n) is 39.6. The van der Waals surface area contributed by atoms with Crippen molar-refractivity contribution in [2.24, 2.45) is 0 Å². The Bertz CT molecular complexity index is 5790. The molecule has 0 saturated heterocycles. The van der Waals surface area contributed by atoms with Crippen LogP contribution in [0.1, 0.15) is 179 Å². The van der Waals surface area contributed by atoms with E-state index in [0.717, 1.165) is 240 Å². The number of nitrogens with zero attached hydrogens (tertiary/aromatic N) is 8. The minimum Gasteiger partial charge on any atom is -0.857 e. The van der Waals surface area contributed by atoms with E-state index in [4.69, 9.17) is 68.5 Å². The van der Waals surface area contributed by atoms with Crippen molar-refractivity contribution in [3.8, 4) is 92.2 Å². The number of aliphatic hydroxyl groups is 1. The Morgan fingerprint density at radius 2 is 0.549 bits per heavy atom. The number of fused-ring (bicyclic) bond motifs is 25. The first-order chi connectivity index (χ1) is 54.4. The van der Waals surface area contributed by atoms with Crippen LogP contribution < -0.4 is 63.1 Å². The van der Waals surface area contributed by atoms with Gasteiger partial charge >= 0.3 is 29.6 Å². The van der Waals surface area contributed by atoms with Crippen LogP contribution in [0.4, 0.5) is 0 Å². The second-order valence-corrected chi connectivity index (χ2v) is 28.1. The van der Waals surface area contributed by atoms with Gasteiger partial charge in [-0.15, -0.1) is 0 Å². The summed E-state index contributed by atoms with van der Waals surface area (Å²) in [4.78, 5) is 41.6. The summed E-state index contributed by atoms with van der Waals surface area (Å²) in [6, 6.07) is 45.7. The molecule has 580 valence electrons. The molecule has 0 amide bonds. The van der Waals surface area contributed by atoms with Gasteiger partial charge in [-0.3, -0.25) is 0 Å². The van der Waals surface area contributed by atoms with E-state index in [2.05, 4.69) is 195 Å². The van der Waals surface area contributed by atoms with Gasteiger partial charge in [-0.25, -0.2) is 29.9 Å². The Labute approximate surface area is 685 Å². The second-order valence-electron chi connectivity index (χ2n) is 28.1. The number of nitriles is 2. The molecule has 2 aliphatic heterocycles. The number of aromatic nitrogens is 8. The van der Waals surface area contributed by atoms with Gasteiger partial charge in [0.05, 0.1) is 61.5 Å². The number of rotatable bonds is 26. The maximum Gasteiger partial charge on any atom is 1.00 e. The van der Waals surface area contributed by atoms with E-state index < -0.39 is 0 Å². The molecule has 0 unspecified atom stereocenters. The van der Waals surface area contributed by atoms with Crippen LogP contribution in [0.5, 0.6) is 34.5 Å². The van der Waals surface area contributed by atoms with Crippen molar-refractivity contribution in [2.45, 2.75) is 173 Å². The number of aryl methyl sites for hydroxylation is 4. The Morgan fingerprint density at radius 1 is 0.319 bits per heavy atom. The van der Waals surface area contributed by atoms with Gasteiger partial charge in [0.15, 0.2) is 23.3 Å². The van der Waals surface area contributed by atoms with E-state index in [9.17, 15) is 10.5 Å². The molecular formula is C94H105N10NaO8. The molecule has 0 radical (unpaired) electrons. The summed E-state index contributed by atoms with van der Waals surface area (Å²) in [5, 5.41) is 48.7. The van der Waals surface area contributed by atoms with Crippen molar-refractivity contribution in [2.75, 3.05) is 53.4 Å². The van der Waals surface area contributed by atoms with Gasteiger partial charge in [0.1, 0.15) is 80.4 Å². The van der Waals surface area contributed by atoms with Crippen molar-refractivity contribution < 1.29 is 68.2 Å². The summed E-state index contributed by atoms with van der Waals surface area (Å²) in [5.74, 6) is 5.82. The van der Waals surface area contributed by atoms with E-state index in [1.54, 1.807) is 0 Å². The fourth-order valence-electron chi connectivity index (χ4n) is 14.9. The topological polar surface area (TPSA) is 255 Å². The number of aliphatic hydroxyl groups excluding tert-OH is 1. The fourth-order valence-corrected chi connectivity index (χ4v) is 14.9. The zero-order chi connectivity index (χ0) is 78.2. The molecule has 15 rings (SSSR count). The zero-order valence-corrected chi connectivity index (χ0v) is 69.3. The average Bonchev–Trinajstić information content (AvgIpc) is 1.57. The predicted octanol–water partition coefficient (Wildman–Crippen LogP) is 19.8. The average molecular weight is 1530 g/mol. The number of unbranched alkanes of at least 4 members (excludes halogenated alkanes) is 7. The van der Waals surface area contributed by atoms with Gasteiger partial charge in [0.25, 0.3) is 0 Å². The zero-order valence-electron chi connectivity index (χ0n) is 67.3. The molecule has 0 fully saturated rings. The molecule has 5 heterocycles. The third kappa shape index (κ3) is 16.8. The monoisotopic (exact) mass is 1520 g/mol. The van der Waals surface area contributed by atoms with E-state index >= 15 is 0 Å². The summed E-state index contributed by atoms with van der Waals surface area (Å²) in [5.41, 5.74) is 10.2. The predicted molar refractivity (Wildman–Crippen MR) is 455 cm³/mol.